The molecule has 2 atom stereocenters. The van der Waals surface area contributed by atoms with Gasteiger partial charge in [0, 0.05) is 12.2 Å². The Morgan fingerprint density at radius 2 is 1.68 bits per heavy atom. The van der Waals surface area contributed by atoms with Crippen molar-refractivity contribution in [3.8, 4) is 0 Å². The number of carbonyl (C=O) groups excluding carboxylic acids is 2. The second kappa shape index (κ2) is 10.0. The molecule has 2 amide bonds. The van der Waals surface area contributed by atoms with Crippen LogP contribution in [0.5, 0.6) is 0 Å². The van der Waals surface area contributed by atoms with E-state index in [2.05, 4.69) is 29.7 Å². The highest BCUT2D eigenvalue weighted by Gasteiger charge is 2.21. The lowest BCUT2D eigenvalue weighted by Gasteiger charge is -2.24. The van der Waals surface area contributed by atoms with Gasteiger partial charge < -0.3 is 10.6 Å². The van der Waals surface area contributed by atoms with Crippen molar-refractivity contribution in [1.29, 1.82) is 0 Å². The molecule has 150 valence electrons. The van der Waals surface area contributed by atoms with Crippen molar-refractivity contribution in [1.82, 2.24) is 10.2 Å². The molecule has 2 aromatic carbocycles. The molecule has 2 aromatic rings. The topological polar surface area (TPSA) is 61.4 Å². The summed E-state index contributed by atoms with van der Waals surface area (Å²) in [5, 5.41) is 5.92. The monoisotopic (exact) mass is 381 g/mol. The van der Waals surface area contributed by atoms with Gasteiger partial charge in [-0.05, 0) is 56.5 Å². The SMILES string of the molecule is Cc1cccc(NC(=O)CN(C)C(C)C(=O)NCC(C)c2ccccc2)c1C. The average Bonchev–Trinajstić information content (AvgIpc) is 2.69. The molecule has 0 aliphatic carbocycles. The zero-order valence-electron chi connectivity index (χ0n) is 17.5. The maximum Gasteiger partial charge on any atom is 0.238 e. The maximum atomic E-state index is 12.5. The highest BCUT2D eigenvalue weighted by molar-refractivity contribution is 5.93. The molecule has 0 heterocycles. The summed E-state index contributed by atoms with van der Waals surface area (Å²) < 4.78 is 0. The van der Waals surface area contributed by atoms with Gasteiger partial charge in [0.1, 0.15) is 0 Å². The largest absolute Gasteiger partial charge is 0.354 e. The van der Waals surface area contributed by atoms with E-state index in [4.69, 9.17) is 0 Å². The van der Waals surface area contributed by atoms with Gasteiger partial charge in [-0.2, -0.15) is 0 Å². The normalized spacial score (nSPS) is 13.1. The van der Waals surface area contributed by atoms with Crippen LogP contribution in [-0.4, -0.2) is 42.9 Å². The number of hydrogen-bond donors (Lipinski definition) is 2. The quantitative estimate of drug-likeness (QED) is 0.736. The summed E-state index contributed by atoms with van der Waals surface area (Å²) in [6.45, 7) is 8.61. The fourth-order valence-electron chi connectivity index (χ4n) is 2.94. The molecule has 5 heteroatoms. The molecule has 0 saturated carbocycles. The van der Waals surface area contributed by atoms with E-state index in [-0.39, 0.29) is 24.3 Å². The number of likely N-dealkylation sites (N-methyl/N-ethyl adjacent to an activating group) is 1. The first kappa shape index (κ1) is 21.6. The Morgan fingerprint density at radius 1 is 1.00 bits per heavy atom. The molecule has 0 radical (unpaired) electrons. The third kappa shape index (κ3) is 5.92. The van der Waals surface area contributed by atoms with Crippen molar-refractivity contribution in [2.75, 3.05) is 25.5 Å². The van der Waals surface area contributed by atoms with Crippen LogP contribution in [-0.2, 0) is 9.59 Å². The summed E-state index contributed by atoms with van der Waals surface area (Å²) in [5.74, 6) is 0.0218. The van der Waals surface area contributed by atoms with Gasteiger partial charge in [-0.25, -0.2) is 0 Å². The second-order valence-electron chi connectivity index (χ2n) is 7.44. The molecule has 2 rings (SSSR count). The molecule has 0 fully saturated rings. The van der Waals surface area contributed by atoms with Gasteiger partial charge in [0.15, 0.2) is 0 Å². The molecular formula is C23H31N3O2. The predicted molar refractivity (Wildman–Crippen MR) is 115 cm³/mol. The van der Waals surface area contributed by atoms with Crippen LogP contribution in [0.4, 0.5) is 5.69 Å². The Labute approximate surface area is 168 Å². The number of rotatable bonds is 8. The van der Waals surface area contributed by atoms with Gasteiger partial charge in [0.2, 0.25) is 11.8 Å². The number of amides is 2. The molecule has 0 spiro atoms. The van der Waals surface area contributed by atoms with E-state index >= 15 is 0 Å². The fourth-order valence-corrected chi connectivity index (χ4v) is 2.94. The third-order valence-corrected chi connectivity index (χ3v) is 5.26. The Kier molecular flexibility index (Phi) is 7.76. The Balaban J connectivity index is 1.83. The van der Waals surface area contributed by atoms with Crippen LogP contribution in [0.1, 0.15) is 36.5 Å². The van der Waals surface area contributed by atoms with Crippen LogP contribution in [0.15, 0.2) is 48.5 Å². The highest BCUT2D eigenvalue weighted by atomic mass is 16.2. The molecule has 0 aliphatic rings. The van der Waals surface area contributed by atoms with Gasteiger partial charge in [-0.15, -0.1) is 0 Å². The molecule has 0 aromatic heterocycles. The van der Waals surface area contributed by atoms with E-state index in [1.165, 1.54) is 5.56 Å². The van der Waals surface area contributed by atoms with Gasteiger partial charge in [-0.3, -0.25) is 14.5 Å². The summed E-state index contributed by atoms with van der Waals surface area (Å²) in [6.07, 6.45) is 0. The Hall–Kier alpha value is -2.66. The van der Waals surface area contributed by atoms with E-state index in [0.29, 0.717) is 6.54 Å². The molecule has 0 aliphatic heterocycles. The predicted octanol–water partition coefficient (Wildman–Crippen LogP) is 3.48. The lowest BCUT2D eigenvalue weighted by Crippen LogP contribution is -2.46. The number of benzene rings is 2. The van der Waals surface area contributed by atoms with Gasteiger partial charge in [0.05, 0.1) is 12.6 Å². The molecule has 2 unspecified atom stereocenters. The molecule has 5 nitrogen and oxygen atoms in total. The lowest BCUT2D eigenvalue weighted by molar-refractivity contribution is -0.126. The first-order valence-electron chi connectivity index (χ1n) is 9.68. The van der Waals surface area contributed by atoms with Crippen LogP contribution in [0, 0.1) is 13.8 Å². The summed E-state index contributed by atoms with van der Waals surface area (Å²) in [6, 6.07) is 15.5. The van der Waals surface area contributed by atoms with E-state index < -0.39 is 6.04 Å². The molecular weight excluding hydrogens is 350 g/mol. The number of carbonyl (C=O) groups is 2. The van der Waals surface area contributed by atoms with E-state index in [1.807, 2.05) is 57.2 Å². The molecule has 0 saturated heterocycles. The lowest BCUT2D eigenvalue weighted by atomic mass is 10.0. The van der Waals surface area contributed by atoms with Crippen molar-refractivity contribution in [2.24, 2.45) is 0 Å². The Morgan fingerprint density at radius 3 is 2.36 bits per heavy atom. The van der Waals surface area contributed by atoms with Crippen LogP contribution >= 0.6 is 0 Å². The summed E-state index contributed by atoms with van der Waals surface area (Å²) in [5.41, 5.74) is 4.19. The van der Waals surface area contributed by atoms with Gasteiger partial charge in [-0.1, -0.05) is 49.4 Å². The standard InChI is InChI=1S/C23H31N3O2/c1-16-10-9-13-21(18(16)3)25-22(27)15-26(5)19(4)23(28)24-14-17(2)20-11-7-6-8-12-20/h6-13,17,19H,14-15H2,1-5H3,(H,24,28)(H,25,27). The first-order chi connectivity index (χ1) is 13.3. The number of anilines is 1. The van der Waals surface area contributed by atoms with Gasteiger partial charge in [0.25, 0.3) is 0 Å². The van der Waals surface area contributed by atoms with E-state index in [0.717, 1.165) is 16.8 Å². The molecule has 28 heavy (non-hydrogen) atoms. The van der Waals surface area contributed by atoms with Gasteiger partial charge >= 0.3 is 0 Å². The number of nitrogens with zero attached hydrogens (tertiary/aromatic N) is 1. The summed E-state index contributed by atoms with van der Waals surface area (Å²) >= 11 is 0. The van der Waals surface area contributed by atoms with Crippen molar-refractivity contribution < 1.29 is 9.59 Å². The van der Waals surface area contributed by atoms with E-state index in [9.17, 15) is 9.59 Å². The average molecular weight is 382 g/mol. The zero-order valence-corrected chi connectivity index (χ0v) is 17.5. The summed E-state index contributed by atoms with van der Waals surface area (Å²) in [7, 11) is 1.79. The number of nitrogens with one attached hydrogen (secondary N) is 2. The Bertz CT molecular complexity index is 805. The third-order valence-electron chi connectivity index (χ3n) is 5.26. The minimum atomic E-state index is -0.396. The zero-order chi connectivity index (χ0) is 20.7. The fraction of sp³-hybridized carbons (Fsp3) is 0.391. The van der Waals surface area contributed by atoms with Crippen LogP contribution in [0.25, 0.3) is 0 Å². The molecule has 0 bridgehead atoms. The van der Waals surface area contributed by atoms with E-state index in [1.54, 1.807) is 11.9 Å². The van der Waals surface area contributed by atoms with Crippen LogP contribution in [0.2, 0.25) is 0 Å². The maximum absolute atomic E-state index is 12.5. The minimum Gasteiger partial charge on any atom is -0.354 e. The summed E-state index contributed by atoms with van der Waals surface area (Å²) in [4.78, 5) is 26.6. The smallest absolute Gasteiger partial charge is 0.238 e. The first-order valence-corrected chi connectivity index (χ1v) is 9.68. The van der Waals surface area contributed by atoms with Crippen molar-refractivity contribution >= 4 is 17.5 Å². The second-order valence-corrected chi connectivity index (χ2v) is 7.44. The van der Waals surface area contributed by atoms with Crippen LogP contribution < -0.4 is 10.6 Å². The van der Waals surface area contributed by atoms with Crippen molar-refractivity contribution in [3.05, 3.63) is 65.2 Å². The van der Waals surface area contributed by atoms with Crippen LogP contribution in [0.3, 0.4) is 0 Å². The number of hydrogen-bond acceptors (Lipinski definition) is 3. The minimum absolute atomic E-state index is 0.0789. The van der Waals surface area contributed by atoms with Crippen molar-refractivity contribution in [2.45, 2.75) is 39.7 Å². The van der Waals surface area contributed by atoms with Crippen molar-refractivity contribution in [3.63, 3.8) is 0 Å². The molecule has 2 N–H and O–H groups in total. The highest BCUT2D eigenvalue weighted by Crippen LogP contribution is 2.18. The number of aryl methyl sites for hydroxylation is 1.